The van der Waals surface area contributed by atoms with Crippen LogP contribution in [-0.2, 0) is 10.5 Å². The number of hydrogen-bond donors (Lipinski definition) is 1. The molecule has 0 fully saturated rings. The van der Waals surface area contributed by atoms with Gasteiger partial charge in [0.15, 0.2) is 0 Å². The highest BCUT2D eigenvalue weighted by atomic mass is 35.5. The first-order chi connectivity index (χ1) is 12.1. The topological polar surface area (TPSA) is 52.9 Å². The molecule has 1 aliphatic rings. The summed E-state index contributed by atoms with van der Waals surface area (Å²) in [6, 6.07) is 17.4. The Morgan fingerprint density at radius 1 is 1.16 bits per heavy atom. The molecule has 1 amide bonds. The third kappa shape index (κ3) is 4.01. The second kappa shape index (κ2) is 7.97. The monoisotopic (exact) mass is 388 g/mol. The van der Waals surface area contributed by atoms with Gasteiger partial charge in [0.1, 0.15) is 0 Å². The SMILES string of the molecule is N#CC1=C(SCc2ccccc2)NC(=O)CC1c1cccc(Cl)c1Cl. The van der Waals surface area contributed by atoms with E-state index >= 15 is 0 Å². The molecule has 1 aliphatic heterocycles. The molecule has 1 unspecified atom stereocenters. The van der Waals surface area contributed by atoms with E-state index in [4.69, 9.17) is 23.2 Å². The Morgan fingerprint density at radius 3 is 2.64 bits per heavy atom. The first kappa shape index (κ1) is 17.9. The van der Waals surface area contributed by atoms with E-state index in [1.54, 1.807) is 12.1 Å². The number of nitriles is 1. The van der Waals surface area contributed by atoms with E-state index in [0.717, 1.165) is 5.56 Å². The van der Waals surface area contributed by atoms with Gasteiger partial charge in [0.25, 0.3) is 0 Å². The average Bonchev–Trinajstić information content (AvgIpc) is 2.62. The molecule has 0 aromatic heterocycles. The summed E-state index contributed by atoms with van der Waals surface area (Å²) in [7, 11) is 0. The predicted molar refractivity (Wildman–Crippen MR) is 102 cm³/mol. The maximum absolute atomic E-state index is 12.2. The van der Waals surface area contributed by atoms with Crippen LogP contribution in [0.3, 0.4) is 0 Å². The third-order valence-electron chi connectivity index (χ3n) is 3.94. The Morgan fingerprint density at radius 2 is 1.92 bits per heavy atom. The molecule has 0 bridgehead atoms. The molecular formula is C19H14Cl2N2OS. The second-order valence-electron chi connectivity index (χ2n) is 5.58. The molecule has 3 nitrogen and oxygen atoms in total. The van der Waals surface area contributed by atoms with E-state index in [1.165, 1.54) is 11.8 Å². The molecule has 0 saturated heterocycles. The van der Waals surface area contributed by atoms with Crippen LogP contribution in [0, 0.1) is 11.3 Å². The molecule has 25 heavy (non-hydrogen) atoms. The lowest BCUT2D eigenvalue weighted by molar-refractivity contribution is -0.120. The quantitative estimate of drug-likeness (QED) is 0.776. The molecule has 1 heterocycles. The predicted octanol–water partition coefficient (Wildman–Crippen LogP) is 5.27. The number of carbonyl (C=O) groups excluding carboxylic acids is 1. The minimum absolute atomic E-state index is 0.129. The van der Waals surface area contributed by atoms with Crippen LogP contribution in [0.15, 0.2) is 59.1 Å². The standard InChI is InChI=1S/C19H14Cl2N2OS/c20-16-8-4-7-13(18(16)21)14-9-17(24)23-19(15(14)10-22)25-11-12-5-2-1-3-6-12/h1-8,14H,9,11H2,(H,23,24). The lowest BCUT2D eigenvalue weighted by Gasteiger charge is -2.26. The largest absolute Gasteiger partial charge is 0.320 e. The first-order valence-corrected chi connectivity index (χ1v) is 9.39. The number of carbonyl (C=O) groups is 1. The zero-order chi connectivity index (χ0) is 17.8. The van der Waals surface area contributed by atoms with Gasteiger partial charge in [0.05, 0.1) is 26.7 Å². The Kier molecular flexibility index (Phi) is 5.70. The number of benzene rings is 2. The van der Waals surface area contributed by atoms with Gasteiger partial charge in [-0.15, -0.1) is 11.8 Å². The summed E-state index contributed by atoms with van der Waals surface area (Å²) < 4.78 is 0. The highest BCUT2D eigenvalue weighted by Gasteiger charge is 2.31. The van der Waals surface area contributed by atoms with Crippen molar-refractivity contribution in [2.45, 2.75) is 18.1 Å². The number of nitrogens with zero attached hydrogens (tertiary/aromatic N) is 1. The minimum atomic E-state index is -0.386. The van der Waals surface area contributed by atoms with Crippen molar-refractivity contribution in [3.8, 4) is 6.07 Å². The van der Waals surface area contributed by atoms with Crippen LogP contribution in [0.4, 0.5) is 0 Å². The molecule has 126 valence electrons. The Hall–Kier alpha value is -1.93. The summed E-state index contributed by atoms with van der Waals surface area (Å²) in [6.07, 6.45) is 0.179. The highest BCUT2D eigenvalue weighted by Crippen LogP contribution is 2.41. The summed E-state index contributed by atoms with van der Waals surface area (Å²) in [6.45, 7) is 0. The highest BCUT2D eigenvalue weighted by molar-refractivity contribution is 8.02. The van der Waals surface area contributed by atoms with Gasteiger partial charge in [-0.2, -0.15) is 5.26 Å². The van der Waals surface area contributed by atoms with Crippen molar-refractivity contribution in [3.63, 3.8) is 0 Å². The number of hydrogen-bond acceptors (Lipinski definition) is 3. The molecule has 0 spiro atoms. The lowest BCUT2D eigenvalue weighted by atomic mass is 9.87. The molecule has 1 N–H and O–H groups in total. The van der Waals surface area contributed by atoms with Gasteiger partial charge in [0.2, 0.25) is 5.91 Å². The van der Waals surface area contributed by atoms with Gasteiger partial charge < -0.3 is 5.32 Å². The fourth-order valence-electron chi connectivity index (χ4n) is 2.72. The van der Waals surface area contributed by atoms with Crippen molar-refractivity contribution in [3.05, 3.63) is 80.3 Å². The maximum Gasteiger partial charge on any atom is 0.225 e. The van der Waals surface area contributed by atoms with Crippen LogP contribution >= 0.6 is 35.0 Å². The average molecular weight is 389 g/mol. The molecule has 0 aliphatic carbocycles. The minimum Gasteiger partial charge on any atom is -0.320 e. The van der Waals surface area contributed by atoms with Crippen LogP contribution in [0.1, 0.15) is 23.5 Å². The van der Waals surface area contributed by atoms with Crippen LogP contribution < -0.4 is 5.32 Å². The Bertz CT molecular complexity index is 875. The van der Waals surface area contributed by atoms with Gasteiger partial charge in [-0.05, 0) is 17.2 Å². The van der Waals surface area contributed by atoms with E-state index in [2.05, 4.69) is 11.4 Å². The van der Waals surface area contributed by atoms with E-state index in [0.29, 0.717) is 32.0 Å². The van der Waals surface area contributed by atoms with Gasteiger partial charge in [0, 0.05) is 18.1 Å². The molecule has 3 rings (SSSR count). The molecule has 0 saturated carbocycles. The summed E-state index contributed by atoms with van der Waals surface area (Å²) in [5.74, 6) is 0.149. The normalized spacial score (nSPS) is 17.2. The number of amides is 1. The molecule has 1 atom stereocenters. The van der Waals surface area contributed by atoms with E-state index in [9.17, 15) is 10.1 Å². The van der Waals surface area contributed by atoms with Gasteiger partial charge in [-0.25, -0.2) is 0 Å². The summed E-state index contributed by atoms with van der Waals surface area (Å²) in [5.41, 5.74) is 2.34. The second-order valence-corrected chi connectivity index (χ2v) is 7.35. The fourth-order valence-corrected chi connectivity index (χ4v) is 4.19. The van der Waals surface area contributed by atoms with Gasteiger partial charge >= 0.3 is 0 Å². The lowest BCUT2D eigenvalue weighted by Crippen LogP contribution is -2.31. The van der Waals surface area contributed by atoms with Crippen molar-refractivity contribution in [2.75, 3.05) is 0 Å². The zero-order valence-electron chi connectivity index (χ0n) is 13.1. The number of allylic oxidation sites excluding steroid dienone is 1. The van der Waals surface area contributed by atoms with Crippen molar-refractivity contribution in [2.24, 2.45) is 0 Å². The fraction of sp³-hybridized carbons (Fsp3) is 0.158. The first-order valence-electron chi connectivity index (χ1n) is 7.65. The van der Waals surface area contributed by atoms with Crippen molar-refractivity contribution in [1.82, 2.24) is 5.32 Å². The zero-order valence-corrected chi connectivity index (χ0v) is 15.5. The summed E-state index contributed by atoms with van der Waals surface area (Å²) in [5, 5.41) is 13.9. The molecule has 0 radical (unpaired) electrons. The number of halogens is 2. The molecule has 2 aromatic carbocycles. The van der Waals surface area contributed by atoms with Crippen LogP contribution in [0.5, 0.6) is 0 Å². The Labute approximate surface area is 160 Å². The number of thioether (sulfide) groups is 1. The third-order valence-corrected chi connectivity index (χ3v) is 5.86. The molecular weight excluding hydrogens is 375 g/mol. The smallest absolute Gasteiger partial charge is 0.225 e. The number of nitrogens with one attached hydrogen (secondary N) is 1. The van der Waals surface area contributed by atoms with Crippen molar-refractivity contribution < 1.29 is 4.79 Å². The van der Waals surface area contributed by atoms with Crippen LogP contribution in [0.25, 0.3) is 0 Å². The molecule has 2 aromatic rings. The van der Waals surface area contributed by atoms with Crippen LogP contribution in [0.2, 0.25) is 10.0 Å². The van der Waals surface area contributed by atoms with Gasteiger partial charge in [-0.3, -0.25) is 4.79 Å². The number of rotatable bonds is 4. The van der Waals surface area contributed by atoms with E-state index < -0.39 is 0 Å². The van der Waals surface area contributed by atoms with Crippen molar-refractivity contribution >= 4 is 40.9 Å². The molecule has 6 heteroatoms. The summed E-state index contributed by atoms with van der Waals surface area (Å²) in [4.78, 5) is 12.2. The summed E-state index contributed by atoms with van der Waals surface area (Å²) >= 11 is 13.9. The van der Waals surface area contributed by atoms with E-state index in [1.807, 2.05) is 36.4 Å². The van der Waals surface area contributed by atoms with E-state index in [-0.39, 0.29) is 18.2 Å². The Balaban J connectivity index is 1.94. The van der Waals surface area contributed by atoms with Crippen molar-refractivity contribution in [1.29, 1.82) is 5.26 Å². The van der Waals surface area contributed by atoms with Crippen LogP contribution in [-0.4, -0.2) is 5.91 Å². The van der Waals surface area contributed by atoms with Gasteiger partial charge in [-0.1, -0.05) is 65.7 Å². The maximum atomic E-state index is 12.2.